The maximum absolute atomic E-state index is 9.79. The summed E-state index contributed by atoms with van der Waals surface area (Å²) in [7, 11) is 0. The van der Waals surface area contributed by atoms with Gasteiger partial charge in [0.25, 0.3) is 0 Å². The first kappa shape index (κ1) is 26.2. The number of fused-ring (bicyclic) bond motifs is 5. The average molecular weight is 567 g/mol. The Kier molecular flexibility index (Phi) is 6.38. The van der Waals surface area contributed by atoms with Gasteiger partial charge >= 0.3 is 0 Å². The first-order valence-electron chi connectivity index (χ1n) is 15.4. The van der Waals surface area contributed by atoms with Gasteiger partial charge in [-0.15, -0.1) is 0 Å². The summed E-state index contributed by atoms with van der Waals surface area (Å²) in [6.07, 6.45) is 5.82. The molecule has 0 N–H and O–H groups in total. The Balaban J connectivity index is 1.32. The molecule has 4 heteroatoms. The summed E-state index contributed by atoms with van der Waals surface area (Å²) in [4.78, 5) is 15.2. The Labute approximate surface area is 257 Å². The fourth-order valence-corrected chi connectivity index (χ4v) is 7.28. The van der Waals surface area contributed by atoms with E-state index in [2.05, 4.69) is 84.9 Å². The first-order valence-corrected chi connectivity index (χ1v) is 15.4. The summed E-state index contributed by atoms with van der Waals surface area (Å²) in [5.41, 5.74) is 10.9. The summed E-state index contributed by atoms with van der Waals surface area (Å²) in [5.74, 6) is 1.97. The van der Waals surface area contributed by atoms with E-state index in [0.29, 0.717) is 17.5 Å². The molecule has 0 atom stereocenters. The van der Waals surface area contributed by atoms with Gasteiger partial charge in [-0.05, 0) is 58.4 Å². The molecule has 0 saturated heterocycles. The van der Waals surface area contributed by atoms with Crippen LogP contribution in [0, 0.1) is 11.3 Å². The standard InChI is InChI=1S/C40H30N4/c41-26-27-17-22-32-35(25-27)40(23-8-3-9-24-40)34-16-10-15-33(36(32)34)39-43-37(30-13-6-2-7-14-30)42-38(44-39)31-20-18-29(19-21-31)28-11-4-1-5-12-28/h1-2,4-7,10-22,25H,3,8-9,23-24H2. The molecule has 0 aliphatic heterocycles. The van der Waals surface area contributed by atoms with Crippen molar-refractivity contribution in [1.29, 1.82) is 5.26 Å². The molecule has 5 aromatic carbocycles. The molecule has 210 valence electrons. The van der Waals surface area contributed by atoms with E-state index in [4.69, 9.17) is 15.0 Å². The Hall–Kier alpha value is -5.40. The van der Waals surface area contributed by atoms with Crippen molar-refractivity contribution >= 4 is 0 Å². The van der Waals surface area contributed by atoms with Crippen LogP contribution in [-0.4, -0.2) is 15.0 Å². The van der Waals surface area contributed by atoms with Crippen LogP contribution in [0.5, 0.6) is 0 Å². The molecule has 1 heterocycles. The predicted octanol–water partition coefficient (Wildman–Crippen LogP) is 9.64. The molecular weight excluding hydrogens is 536 g/mol. The van der Waals surface area contributed by atoms with Gasteiger partial charge in [-0.3, -0.25) is 0 Å². The highest BCUT2D eigenvalue weighted by molar-refractivity contribution is 5.92. The molecule has 0 amide bonds. The molecule has 8 rings (SSSR count). The lowest BCUT2D eigenvalue weighted by Crippen LogP contribution is -2.28. The highest BCUT2D eigenvalue weighted by atomic mass is 15.0. The lowest BCUT2D eigenvalue weighted by Gasteiger charge is -2.36. The molecular formula is C40H30N4. The van der Waals surface area contributed by atoms with Gasteiger partial charge in [0.15, 0.2) is 17.5 Å². The van der Waals surface area contributed by atoms with E-state index < -0.39 is 0 Å². The topological polar surface area (TPSA) is 62.5 Å². The molecule has 0 unspecified atom stereocenters. The van der Waals surface area contributed by atoms with Crippen LogP contribution in [0.3, 0.4) is 0 Å². The van der Waals surface area contributed by atoms with Crippen molar-refractivity contribution in [1.82, 2.24) is 15.0 Å². The minimum Gasteiger partial charge on any atom is -0.208 e. The number of aromatic nitrogens is 3. The van der Waals surface area contributed by atoms with E-state index in [1.165, 1.54) is 47.1 Å². The lowest BCUT2D eigenvalue weighted by atomic mass is 9.67. The molecule has 4 nitrogen and oxygen atoms in total. The zero-order valence-corrected chi connectivity index (χ0v) is 24.4. The molecule has 2 aliphatic carbocycles. The first-order chi connectivity index (χ1) is 21.7. The Morgan fingerprint density at radius 2 is 1.09 bits per heavy atom. The van der Waals surface area contributed by atoms with E-state index in [1.807, 2.05) is 42.5 Å². The second-order valence-electron chi connectivity index (χ2n) is 11.9. The van der Waals surface area contributed by atoms with Gasteiger partial charge in [-0.2, -0.15) is 5.26 Å². The molecule has 0 radical (unpaired) electrons. The van der Waals surface area contributed by atoms with E-state index in [-0.39, 0.29) is 5.41 Å². The van der Waals surface area contributed by atoms with Crippen molar-refractivity contribution in [3.05, 3.63) is 138 Å². The summed E-state index contributed by atoms with van der Waals surface area (Å²) < 4.78 is 0. The molecule has 1 fully saturated rings. The van der Waals surface area contributed by atoms with Gasteiger partial charge in [-0.25, -0.2) is 15.0 Å². The molecule has 6 aromatic rings. The van der Waals surface area contributed by atoms with Crippen LogP contribution in [0.1, 0.15) is 48.8 Å². The minimum absolute atomic E-state index is 0.0722. The fraction of sp³-hybridized carbons (Fsp3) is 0.150. The molecule has 1 spiro atoms. The summed E-state index contributed by atoms with van der Waals surface area (Å²) >= 11 is 0. The smallest absolute Gasteiger partial charge is 0.164 e. The van der Waals surface area contributed by atoms with E-state index in [9.17, 15) is 5.26 Å². The van der Waals surface area contributed by atoms with Crippen LogP contribution in [0.2, 0.25) is 0 Å². The minimum atomic E-state index is -0.0722. The van der Waals surface area contributed by atoms with Crippen LogP contribution in [0.15, 0.2) is 121 Å². The summed E-state index contributed by atoms with van der Waals surface area (Å²) in [6.45, 7) is 0. The molecule has 44 heavy (non-hydrogen) atoms. The third-order valence-corrected chi connectivity index (χ3v) is 9.38. The van der Waals surface area contributed by atoms with Crippen LogP contribution in [0.4, 0.5) is 0 Å². The molecule has 0 bridgehead atoms. The zero-order valence-electron chi connectivity index (χ0n) is 24.4. The van der Waals surface area contributed by atoms with Crippen molar-refractivity contribution in [2.75, 3.05) is 0 Å². The second-order valence-corrected chi connectivity index (χ2v) is 11.9. The van der Waals surface area contributed by atoms with Gasteiger partial charge in [0, 0.05) is 22.1 Å². The number of rotatable bonds is 4. The number of hydrogen-bond donors (Lipinski definition) is 0. The van der Waals surface area contributed by atoms with Crippen molar-refractivity contribution in [2.24, 2.45) is 0 Å². The predicted molar refractivity (Wildman–Crippen MR) is 176 cm³/mol. The summed E-state index contributed by atoms with van der Waals surface area (Å²) in [5, 5.41) is 9.79. The van der Waals surface area contributed by atoms with E-state index in [1.54, 1.807) is 0 Å². The van der Waals surface area contributed by atoms with Crippen LogP contribution < -0.4 is 0 Å². The SMILES string of the molecule is N#Cc1ccc2c(c1)C1(CCCCC1)c1cccc(-c3nc(-c4ccccc4)nc(-c4ccc(-c5ccccc5)cc4)n3)c1-2. The maximum atomic E-state index is 9.79. The number of benzene rings is 5. The van der Waals surface area contributed by atoms with Gasteiger partial charge < -0.3 is 0 Å². The highest BCUT2D eigenvalue weighted by Gasteiger charge is 2.45. The number of hydrogen-bond acceptors (Lipinski definition) is 4. The Morgan fingerprint density at radius 3 is 1.77 bits per heavy atom. The highest BCUT2D eigenvalue weighted by Crippen LogP contribution is 2.57. The summed E-state index contributed by atoms with van der Waals surface area (Å²) in [6, 6.07) is 44.2. The maximum Gasteiger partial charge on any atom is 0.164 e. The van der Waals surface area contributed by atoms with Crippen molar-refractivity contribution < 1.29 is 0 Å². The van der Waals surface area contributed by atoms with Gasteiger partial charge in [-0.1, -0.05) is 128 Å². The quantitative estimate of drug-likeness (QED) is 0.213. The van der Waals surface area contributed by atoms with Crippen LogP contribution in [-0.2, 0) is 5.41 Å². The number of nitrogens with zero attached hydrogens (tertiary/aromatic N) is 4. The molecule has 2 aliphatic rings. The molecule has 1 aromatic heterocycles. The van der Waals surface area contributed by atoms with Crippen LogP contribution >= 0.6 is 0 Å². The van der Waals surface area contributed by atoms with E-state index >= 15 is 0 Å². The average Bonchev–Trinajstić information content (AvgIpc) is 3.37. The number of nitriles is 1. The van der Waals surface area contributed by atoms with Crippen LogP contribution in [0.25, 0.3) is 56.4 Å². The molecule has 1 saturated carbocycles. The normalized spacial score (nSPS) is 14.5. The van der Waals surface area contributed by atoms with Crippen molar-refractivity contribution in [3.8, 4) is 62.5 Å². The largest absolute Gasteiger partial charge is 0.208 e. The third-order valence-electron chi connectivity index (χ3n) is 9.38. The van der Waals surface area contributed by atoms with E-state index in [0.717, 1.165) is 40.7 Å². The third kappa shape index (κ3) is 4.32. The zero-order chi connectivity index (χ0) is 29.5. The fourth-order valence-electron chi connectivity index (χ4n) is 7.28. The lowest BCUT2D eigenvalue weighted by molar-refractivity contribution is 0.353. The van der Waals surface area contributed by atoms with Gasteiger partial charge in [0.1, 0.15) is 0 Å². The van der Waals surface area contributed by atoms with Crippen molar-refractivity contribution in [3.63, 3.8) is 0 Å². The Bertz CT molecular complexity index is 2030. The Morgan fingerprint density at radius 1 is 0.500 bits per heavy atom. The monoisotopic (exact) mass is 566 g/mol. The van der Waals surface area contributed by atoms with Gasteiger partial charge in [0.05, 0.1) is 11.6 Å². The van der Waals surface area contributed by atoms with Gasteiger partial charge in [0.2, 0.25) is 0 Å². The second kappa shape index (κ2) is 10.7. The van der Waals surface area contributed by atoms with Crippen molar-refractivity contribution in [2.45, 2.75) is 37.5 Å².